The van der Waals surface area contributed by atoms with Crippen LogP contribution >= 0.6 is 8.15 Å². The molecule has 3 heteroatoms. The summed E-state index contributed by atoms with van der Waals surface area (Å²) in [5, 5.41) is 0. The van der Waals surface area contributed by atoms with Gasteiger partial charge in [0.1, 0.15) is 5.75 Å². The Hall–Kier alpha value is -0.590. The van der Waals surface area contributed by atoms with Gasteiger partial charge in [0, 0.05) is 18.9 Å². The van der Waals surface area contributed by atoms with E-state index < -0.39 is 8.15 Å². The zero-order valence-corrected chi connectivity index (χ0v) is 23.1. The van der Waals surface area contributed by atoms with Crippen molar-refractivity contribution >= 4 is 8.15 Å². The highest BCUT2D eigenvalue weighted by Gasteiger charge is 2.11. The summed E-state index contributed by atoms with van der Waals surface area (Å²) in [7, 11) is -0.418. The Morgan fingerprint density at radius 3 is 1.45 bits per heavy atom. The molecular weight excluding hydrogens is 423 g/mol. The van der Waals surface area contributed by atoms with Gasteiger partial charge in [-0.1, -0.05) is 134 Å². The molecule has 0 aliphatic rings. The molecule has 0 saturated heterocycles. The highest BCUT2D eigenvalue weighted by Crippen LogP contribution is 2.39. The van der Waals surface area contributed by atoms with E-state index in [1.54, 1.807) is 0 Å². The first-order valence-corrected chi connectivity index (χ1v) is 16.1. The van der Waals surface area contributed by atoms with Gasteiger partial charge in [-0.3, -0.25) is 0 Å². The number of hydrogen-bond acceptors (Lipinski definition) is 2. The third kappa shape index (κ3) is 20.5. The molecule has 0 aromatic heterocycles. The second-order valence-corrected chi connectivity index (χ2v) is 11.6. The maximum atomic E-state index is 6.28. The first-order valence-electron chi connectivity index (χ1n) is 14.4. The highest BCUT2D eigenvalue weighted by molar-refractivity contribution is 7.52. The Morgan fingerprint density at radius 2 is 1.00 bits per heavy atom. The molecule has 0 fully saturated rings. The second kappa shape index (κ2) is 24.5. The molecule has 0 bridgehead atoms. The Balaban J connectivity index is 1.89. The zero-order chi connectivity index (χ0) is 23.7. The van der Waals surface area contributed by atoms with E-state index in [2.05, 4.69) is 38.1 Å². The second-order valence-electron chi connectivity index (χ2n) is 9.54. The van der Waals surface area contributed by atoms with Crippen LogP contribution in [0.25, 0.3) is 0 Å². The molecule has 0 saturated carbocycles. The molecule has 0 amide bonds. The fourth-order valence-electron chi connectivity index (χ4n) is 4.33. The summed E-state index contributed by atoms with van der Waals surface area (Å²) in [6, 6.07) is 10.3. The molecule has 0 radical (unpaired) electrons. The van der Waals surface area contributed by atoms with Gasteiger partial charge in [-0.2, -0.15) is 0 Å². The summed E-state index contributed by atoms with van der Waals surface area (Å²) in [6.45, 7) is 5.99. The van der Waals surface area contributed by atoms with Gasteiger partial charge in [0.15, 0.2) is 0 Å². The smallest absolute Gasteiger partial charge is 0.123 e. The van der Waals surface area contributed by atoms with Crippen molar-refractivity contribution in [3.8, 4) is 5.75 Å². The maximum Gasteiger partial charge on any atom is 0.123 e. The summed E-state index contributed by atoms with van der Waals surface area (Å²) >= 11 is 0. The van der Waals surface area contributed by atoms with Gasteiger partial charge in [-0.15, -0.1) is 0 Å². The number of ether oxygens (including phenoxy) is 1. The largest absolute Gasteiger partial charge is 0.474 e. The number of para-hydroxylation sites is 1. The minimum Gasteiger partial charge on any atom is -0.474 e. The maximum absolute atomic E-state index is 6.28. The quantitative estimate of drug-likeness (QED) is 0.103. The third-order valence-corrected chi connectivity index (χ3v) is 8.39. The van der Waals surface area contributed by atoms with Crippen LogP contribution in [-0.2, 0) is 4.74 Å². The van der Waals surface area contributed by atoms with Crippen molar-refractivity contribution in [2.45, 2.75) is 129 Å². The molecule has 0 aliphatic heterocycles. The van der Waals surface area contributed by atoms with E-state index in [-0.39, 0.29) is 0 Å². The van der Waals surface area contributed by atoms with Crippen molar-refractivity contribution in [1.82, 2.24) is 0 Å². The molecule has 1 rings (SSSR count). The summed E-state index contributed by atoms with van der Waals surface area (Å²) in [6.07, 6.45) is 28.0. The minimum atomic E-state index is -0.418. The molecule has 1 aromatic carbocycles. The van der Waals surface area contributed by atoms with Gasteiger partial charge in [0.25, 0.3) is 0 Å². The standard InChI is InChI=1S/C30H55O2P/c1-3-5-6-7-8-9-10-11-12-13-14-15-16-17-18-19-20-24-28-33(29-27-31-4-2)32-30-25-22-21-23-26-30/h21-23,25-26H,3-20,24,27-29H2,1-2H3. The predicted molar refractivity (Wildman–Crippen MR) is 149 cm³/mol. The number of rotatable bonds is 25. The van der Waals surface area contributed by atoms with Crippen LogP contribution in [0.3, 0.4) is 0 Å². The fraction of sp³-hybridized carbons (Fsp3) is 0.800. The molecule has 2 nitrogen and oxygen atoms in total. The Labute approximate surface area is 208 Å². The molecule has 1 aromatic rings. The van der Waals surface area contributed by atoms with Crippen molar-refractivity contribution in [1.29, 1.82) is 0 Å². The molecular formula is C30H55O2P. The van der Waals surface area contributed by atoms with Gasteiger partial charge in [0.05, 0.1) is 14.8 Å². The van der Waals surface area contributed by atoms with E-state index in [0.717, 1.165) is 25.1 Å². The van der Waals surface area contributed by atoms with Crippen LogP contribution in [0.2, 0.25) is 0 Å². The van der Waals surface area contributed by atoms with Crippen LogP contribution in [-0.4, -0.2) is 25.5 Å². The van der Waals surface area contributed by atoms with E-state index >= 15 is 0 Å². The predicted octanol–water partition coefficient (Wildman–Crippen LogP) is 10.5. The zero-order valence-electron chi connectivity index (χ0n) is 22.2. The molecule has 1 atom stereocenters. The minimum absolute atomic E-state index is 0.418. The van der Waals surface area contributed by atoms with Gasteiger partial charge in [-0.25, -0.2) is 0 Å². The van der Waals surface area contributed by atoms with Crippen LogP contribution in [0.15, 0.2) is 30.3 Å². The van der Waals surface area contributed by atoms with E-state index in [1.807, 2.05) is 6.07 Å². The molecule has 0 aliphatic carbocycles. The third-order valence-electron chi connectivity index (χ3n) is 6.43. The first-order chi connectivity index (χ1) is 16.4. The van der Waals surface area contributed by atoms with Crippen molar-refractivity contribution in [2.24, 2.45) is 0 Å². The summed E-state index contributed by atoms with van der Waals surface area (Å²) < 4.78 is 11.9. The summed E-state index contributed by atoms with van der Waals surface area (Å²) in [5.74, 6) is 1.02. The monoisotopic (exact) mass is 478 g/mol. The van der Waals surface area contributed by atoms with Crippen molar-refractivity contribution in [3.63, 3.8) is 0 Å². The first kappa shape index (κ1) is 30.4. The molecule has 0 heterocycles. The molecule has 1 unspecified atom stereocenters. The molecule has 0 spiro atoms. The summed E-state index contributed by atoms with van der Waals surface area (Å²) in [5.41, 5.74) is 0. The molecule has 0 N–H and O–H groups in total. The van der Waals surface area contributed by atoms with Gasteiger partial charge >= 0.3 is 0 Å². The van der Waals surface area contributed by atoms with E-state index in [1.165, 1.54) is 122 Å². The number of hydrogen-bond donors (Lipinski definition) is 0. The van der Waals surface area contributed by atoms with Crippen molar-refractivity contribution in [3.05, 3.63) is 30.3 Å². The Kier molecular flexibility index (Phi) is 22.6. The SMILES string of the molecule is CCCCCCCCCCCCCCCCCCCCP(CCOCC)Oc1ccccc1. The molecule has 192 valence electrons. The fourth-order valence-corrected chi connectivity index (χ4v) is 6.07. The van der Waals surface area contributed by atoms with Crippen molar-refractivity contribution < 1.29 is 9.26 Å². The average Bonchev–Trinajstić information content (AvgIpc) is 2.84. The van der Waals surface area contributed by atoms with Crippen LogP contribution in [0.4, 0.5) is 0 Å². The van der Waals surface area contributed by atoms with Gasteiger partial charge < -0.3 is 9.26 Å². The number of benzene rings is 1. The lowest BCUT2D eigenvalue weighted by Gasteiger charge is -2.18. The van der Waals surface area contributed by atoms with Crippen LogP contribution in [0.5, 0.6) is 5.75 Å². The van der Waals surface area contributed by atoms with E-state index in [9.17, 15) is 0 Å². The highest BCUT2D eigenvalue weighted by atomic mass is 31.1. The normalized spacial score (nSPS) is 12.2. The van der Waals surface area contributed by atoms with Crippen LogP contribution in [0.1, 0.15) is 129 Å². The summed E-state index contributed by atoms with van der Waals surface area (Å²) in [4.78, 5) is 0. The lowest BCUT2D eigenvalue weighted by molar-refractivity contribution is 0.163. The average molecular weight is 479 g/mol. The van der Waals surface area contributed by atoms with Gasteiger partial charge in [0.2, 0.25) is 0 Å². The van der Waals surface area contributed by atoms with E-state index in [4.69, 9.17) is 9.26 Å². The van der Waals surface area contributed by atoms with Gasteiger partial charge in [-0.05, 0) is 25.5 Å². The lowest BCUT2D eigenvalue weighted by Crippen LogP contribution is -2.04. The van der Waals surface area contributed by atoms with E-state index in [0.29, 0.717) is 0 Å². The number of unbranched alkanes of at least 4 members (excludes halogenated alkanes) is 17. The lowest BCUT2D eigenvalue weighted by atomic mass is 10.0. The molecule has 33 heavy (non-hydrogen) atoms. The van der Waals surface area contributed by atoms with Crippen molar-refractivity contribution in [2.75, 3.05) is 25.5 Å². The van der Waals surface area contributed by atoms with Crippen LogP contribution in [0, 0.1) is 0 Å². The Morgan fingerprint density at radius 1 is 0.545 bits per heavy atom. The van der Waals surface area contributed by atoms with Crippen LogP contribution < -0.4 is 4.52 Å². The topological polar surface area (TPSA) is 18.5 Å². The Bertz CT molecular complexity index is 493.